The fourth-order valence-electron chi connectivity index (χ4n) is 2.31. The van der Waals surface area contributed by atoms with Gasteiger partial charge in [0.15, 0.2) is 22.9 Å². The topological polar surface area (TPSA) is 60.7 Å². The lowest BCUT2D eigenvalue weighted by Crippen LogP contribution is -2.06. The van der Waals surface area contributed by atoms with Crippen molar-refractivity contribution in [3.05, 3.63) is 46.6 Å². The summed E-state index contributed by atoms with van der Waals surface area (Å²) >= 11 is 1.23. The molecule has 0 aliphatic carbocycles. The number of halogens is 2. The van der Waals surface area contributed by atoms with Gasteiger partial charge in [0.2, 0.25) is 0 Å². The Hall–Kier alpha value is -2.61. The number of hydrogen-bond acceptors (Lipinski definition) is 5. The van der Waals surface area contributed by atoms with Gasteiger partial charge in [0.05, 0.1) is 13.0 Å². The second-order valence-corrected chi connectivity index (χ2v) is 6.02. The molecular weight excluding hydrogens is 338 g/mol. The number of ether oxygens (including phenoxy) is 1. The summed E-state index contributed by atoms with van der Waals surface area (Å²) in [5, 5.41) is 0. The molecule has 0 saturated carbocycles. The third-order valence-electron chi connectivity index (χ3n) is 3.34. The smallest absolute Gasteiger partial charge is 0.311 e. The van der Waals surface area contributed by atoms with Crippen molar-refractivity contribution < 1.29 is 23.1 Å². The van der Waals surface area contributed by atoms with Crippen LogP contribution >= 0.6 is 11.3 Å². The number of thiazole rings is 1. The van der Waals surface area contributed by atoms with E-state index in [0.29, 0.717) is 28.3 Å². The first kappa shape index (κ1) is 16.3. The largest absolute Gasteiger partial charge is 0.466 e. The highest BCUT2D eigenvalue weighted by molar-refractivity contribution is 7.17. The summed E-state index contributed by atoms with van der Waals surface area (Å²) in [5.74, 6) is -2.34. The molecule has 5 nitrogen and oxygen atoms in total. The van der Waals surface area contributed by atoms with Crippen LogP contribution in [0.25, 0.3) is 16.2 Å². The van der Waals surface area contributed by atoms with E-state index in [9.17, 15) is 18.4 Å². The molecule has 24 heavy (non-hydrogen) atoms. The second kappa shape index (κ2) is 6.48. The number of fused-ring (bicyclic) bond motifs is 1. The summed E-state index contributed by atoms with van der Waals surface area (Å²) in [5.41, 5.74) is 0.777. The van der Waals surface area contributed by atoms with E-state index in [-0.39, 0.29) is 23.8 Å². The Morgan fingerprint density at radius 3 is 2.83 bits per heavy atom. The van der Waals surface area contributed by atoms with Crippen LogP contribution in [0.1, 0.15) is 22.3 Å². The highest BCUT2D eigenvalue weighted by Gasteiger charge is 2.18. The van der Waals surface area contributed by atoms with Crippen molar-refractivity contribution in [2.24, 2.45) is 0 Å². The van der Waals surface area contributed by atoms with Crippen LogP contribution in [-0.2, 0) is 16.0 Å². The van der Waals surface area contributed by atoms with Crippen molar-refractivity contribution in [1.82, 2.24) is 9.38 Å². The van der Waals surface area contributed by atoms with Gasteiger partial charge >= 0.3 is 5.97 Å². The maximum Gasteiger partial charge on any atom is 0.311 e. The minimum absolute atomic E-state index is 0.0840. The molecule has 2 aromatic heterocycles. The van der Waals surface area contributed by atoms with Gasteiger partial charge in [-0.25, -0.2) is 13.8 Å². The third kappa shape index (κ3) is 2.92. The Labute approximate surface area is 139 Å². The molecule has 0 aliphatic heterocycles. The Morgan fingerprint density at radius 2 is 2.17 bits per heavy atom. The van der Waals surface area contributed by atoms with Crippen LogP contribution in [0.2, 0.25) is 0 Å². The number of hydrogen-bond donors (Lipinski definition) is 0. The van der Waals surface area contributed by atoms with Crippen LogP contribution in [-0.4, -0.2) is 28.2 Å². The van der Waals surface area contributed by atoms with Crippen molar-refractivity contribution in [2.75, 3.05) is 6.61 Å². The quantitative estimate of drug-likeness (QED) is 0.523. The predicted octanol–water partition coefficient (Wildman–Crippen LogP) is 3.26. The van der Waals surface area contributed by atoms with E-state index in [1.165, 1.54) is 21.8 Å². The highest BCUT2D eigenvalue weighted by Crippen LogP contribution is 2.28. The Balaban J connectivity index is 2.01. The lowest BCUT2D eigenvalue weighted by atomic mass is 10.1. The molecule has 0 amide bonds. The molecule has 0 atom stereocenters. The van der Waals surface area contributed by atoms with Gasteiger partial charge in [-0.05, 0) is 25.1 Å². The SMILES string of the molecule is CCOC(=O)Cc1cn2c(C=O)c(-c3ccc(F)c(F)c3)nc2s1. The van der Waals surface area contributed by atoms with Crippen LogP contribution < -0.4 is 0 Å². The minimum atomic E-state index is -1.01. The fraction of sp³-hybridized carbons (Fsp3) is 0.188. The molecule has 3 rings (SSSR count). The molecule has 0 saturated heterocycles. The predicted molar refractivity (Wildman–Crippen MR) is 84.1 cm³/mol. The summed E-state index contributed by atoms with van der Waals surface area (Å²) in [6, 6.07) is 3.34. The van der Waals surface area contributed by atoms with Gasteiger partial charge < -0.3 is 4.74 Å². The zero-order valence-corrected chi connectivity index (χ0v) is 13.4. The standard InChI is InChI=1S/C16H12F2N2O3S/c1-2-23-14(22)6-10-7-20-13(8-21)15(19-16(20)24-10)9-3-4-11(17)12(18)5-9/h3-5,7-8H,2,6H2,1H3. The molecule has 0 radical (unpaired) electrons. The zero-order chi connectivity index (χ0) is 17.3. The number of carbonyl (C=O) groups is 2. The van der Waals surface area contributed by atoms with E-state index in [0.717, 1.165) is 12.1 Å². The van der Waals surface area contributed by atoms with Gasteiger partial charge in [-0.1, -0.05) is 0 Å². The van der Waals surface area contributed by atoms with Crippen LogP contribution in [0.4, 0.5) is 8.78 Å². The molecule has 0 aliphatic rings. The van der Waals surface area contributed by atoms with Crippen LogP contribution in [0.15, 0.2) is 24.4 Å². The first-order valence-electron chi connectivity index (χ1n) is 7.10. The third-order valence-corrected chi connectivity index (χ3v) is 4.32. The monoisotopic (exact) mass is 350 g/mol. The summed E-state index contributed by atoms with van der Waals surface area (Å²) in [4.78, 5) is 28.5. The number of esters is 1. The van der Waals surface area contributed by atoms with Gasteiger partial charge in [-0.2, -0.15) is 0 Å². The molecule has 0 N–H and O–H groups in total. The van der Waals surface area contributed by atoms with E-state index in [1.807, 2.05) is 0 Å². The number of rotatable bonds is 5. The van der Waals surface area contributed by atoms with Crippen molar-refractivity contribution in [2.45, 2.75) is 13.3 Å². The fourth-order valence-corrected chi connectivity index (χ4v) is 3.28. The van der Waals surface area contributed by atoms with Crippen molar-refractivity contribution >= 4 is 28.6 Å². The molecule has 0 fully saturated rings. The van der Waals surface area contributed by atoms with E-state index >= 15 is 0 Å². The maximum absolute atomic E-state index is 13.4. The summed E-state index contributed by atoms with van der Waals surface area (Å²) in [6.45, 7) is 2.01. The average Bonchev–Trinajstić information content (AvgIpc) is 3.06. The number of nitrogens with zero attached hydrogens (tertiary/aromatic N) is 2. The zero-order valence-electron chi connectivity index (χ0n) is 12.6. The molecule has 8 heteroatoms. The average molecular weight is 350 g/mol. The van der Waals surface area contributed by atoms with E-state index in [1.54, 1.807) is 13.1 Å². The van der Waals surface area contributed by atoms with E-state index in [4.69, 9.17) is 4.74 Å². The summed E-state index contributed by atoms with van der Waals surface area (Å²) in [6.07, 6.45) is 2.30. The van der Waals surface area contributed by atoms with E-state index in [2.05, 4.69) is 4.98 Å². The van der Waals surface area contributed by atoms with Crippen LogP contribution in [0, 0.1) is 11.6 Å². The lowest BCUT2D eigenvalue weighted by molar-refractivity contribution is -0.142. The normalized spacial score (nSPS) is 11.0. The summed E-state index contributed by atoms with van der Waals surface area (Å²) in [7, 11) is 0. The molecular formula is C16H12F2N2O3S. The number of carbonyl (C=O) groups excluding carboxylic acids is 2. The Morgan fingerprint density at radius 1 is 1.38 bits per heavy atom. The maximum atomic E-state index is 13.4. The second-order valence-electron chi connectivity index (χ2n) is 4.92. The summed E-state index contributed by atoms with van der Waals surface area (Å²) < 4.78 is 32.9. The lowest BCUT2D eigenvalue weighted by Gasteiger charge is -2.00. The Kier molecular flexibility index (Phi) is 4.39. The molecule has 3 aromatic rings. The molecule has 2 heterocycles. The van der Waals surface area contributed by atoms with Crippen LogP contribution in [0.3, 0.4) is 0 Å². The van der Waals surface area contributed by atoms with Gasteiger partial charge in [0.1, 0.15) is 11.4 Å². The molecule has 0 spiro atoms. The molecule has 0 bridgehead atoms. The van der Waals surface area contributed by atoms with Crippen molar-refractivity contribution in [1.29, 1.82) is 0 Å². The van der Waals surface area contributed by atoms with Crippen molar-refractivity contribution in [3.8, 4) is 11.3 Å². The van der Waals surface area contributed by atoms with Crippen molar-refractivity contribution in [3.63, 3.8) is 0 Å². The van der Waals surface area contributed by atoms with Gasteiger partial charge in [0, 0.05) is 16.6 Å². The van der Waals surface area contributed by atoms with Gasteiger partial charge in [0.25, 0.3) is 0 Å². The first-order chi connectivity index (χ1) is 11.5. The molecule has 1 aromatic carbocycles. The minimum Gasteiger partial charge on any atom is -0.466 e. The number of aldehydes is 1. The van der Waals surface area contributed by atoms with Crippen LogP contribution in [0.5, 0.6) is 0 Å². The first-order valence-corrected chi connectivity index (χ1v) is 7.92. The Bertz CT molecular complexity index is 933. The highest BCUT2D eigenvalue weighted by atomic mass is 32.1. The number of benzene rings is 1. The van der Waals surface area contributed by atoms with E-state index < -0.39 is 11.6 Å². The van der Waals surface area contributed by atoms with Gasteiger partial charge in [-0.15, -0.1) is 11.3 Å². The number of aromatic nitrogens is 2. The number of imidazole rings is 1. The molecule has 0 unspecified atom stereocenters. The molecule has 124 valence electrons. The van der Waals surface area contributed by atoms with Gasteiger partial charge in [-0.3, -0.25) is 14.0 Å².